The van der Waals surface area contributed by atoms with Gasteiger partial charge in [0.05, 0.1) is 12.8 Å². The molecule has 1 fully saturated rings. The lowest BCUT2D eigenvalue weighted by Gasteiger charge is -2.11. The predicted octanol–water partition coefficient (Wildman–Crippen LogP) is 4.20. The van der Waals surface area contributed by atoms with Gasteiger partial charge in [-0.1, -0.05) is 16.8 Å². The highest BCUT2D eigenvalue weighted by Crippen LogP contribution is 2.39. The molecule has 1 saturated carbocycles. The van der Waals surface area contributed by atoms with Gasteiger partial charge in [0, 0.05) is 22.9 Å². The number of halogens is 1. The Morgan fingerprint density at radius 2 is 2.08 bits per heavy atom. The fourth-order valence-corrected chi connectivity index (χ4v) is 3.32. The highest BCUT2D eigenvalue weighted by molar-refractivity contribution is 6.30. The van der Waals surface area contributed by atoms with Gasteiger partial charge in [-0.3, -0.25) is 0 Å². The van der Waals surface area contributed by atoms with Crippen molar-refractivity contribution in [3.63, 3.8) is 0 Å². The molecule has 4 rings (SSSR count). The van der Waals surface area contributed by atoms with Crippen LogP contribution in [-0.2, 0) is 12.8 Å². The Kier molecular flexibility index (Phi) is 4.44. The Bertz CT molecular complexity index is 924. The summed E-state index contributed by atoms with van der Waals surface area (Å²) in [7, 11) is 1.65. The molecule has 6 nitrogen and oxygen atoms in total. The minimum Gasteiger partial charge on any atom is -0.494 e. The second-order valence-electron chi connectivity index (χ2n) is 6.69. The second-order valence-corrected chi connectivity index (χ2v) is 7.13. The van der Waals surface area contributed by atoms with E-state index in [9.17, 15) is 0 Å². The van der Waals surface area contributed by atoms with Crippen LogP contribution in [0.4, 0.5) is 0 Å². The molecule has 7 heteroatoms. The number of benzene rings is 1. The Morgan fingerprint density at radius 1 is 1.27 bits per heavy atom. The average Bonchev–Trinajstić information content (AvgIpc) is 3.32. The Labute approximate surface area is 157 Å². The predicted molar refractivity (Wildman–Crippen MR) is 98.3 cm³/mol. The first-order chi connectivity index (χ1) is 12.6. The van der Waals surface area contributed by atoms with E-state index < -0.39 is 0 Å². The number of hydrogen-bond acceptors (Lipinski definition) is 5. The number of aromatic nitrogens is 4. The van der Waals surface area contributed by atoms with Crippen molar-refractivity contribution in [2.45, 2.75) is 45.4 Å². The van der Waals surface area contributed by atoms with Crippen LogP contribution in [0, 0.1) is 13.8 Å². The Hall–Kier alpha value is -2.34. The number of rotatable bonds is 6. The first-order valence-corrected chi connectivity index (χ1v) is 9.16. The summed E-state index contributed by atoms with van der Waals surface area (Å²) in [5.74, 6) is 3.85. The van der Waals surface area contributed by atoms with E-state index in [4.69, 9.17) is 30.9 Å². The molecule has 0 unspecified atom stereocenters. The molecule has 2 aromatic heterocycles. The normalized spacial score (nSPS) is 14.0. The molecular weight excluding hydrogens is 352 g/mol. The maximum atomic E-state index is 6.22. The molecular formula is C19H21ClN4O2. The van der Waals surface area contributed by atoms with E-state index in [0.29, 0.717) is 10.9 Å². The van der Waals surface area contributed by atoms with Gasteiger partial charge in [-0.2, -0.15) is 5.10 Å². The van der Waals surface area contributed by atoms with Gasteiger partial charge in [-0.15, -0.1) is 0 Å². The van der Waals surface area contributed by atoms with Crippen LogP contribution < -0.4 is 4.74 Å². The van der Waals surface area contributed by atoms with Crippen LogP contribution in [0.1, 0.15) is 47.4 Å². The minimum atomic E-state index is 0.472. The number of nitrogens with zero attached hydrogens (tertiary/aromatic N) is 4. The highest BCUT2D eigenvalue weighted by Gasteiger charge is 2.29. The van der Waals surface area contributed by atoms with Gasteiger partial charge >= 0.3 is 0 Å². The molecule has 26 heavy (non-hydrogen) atoms. The summed E-state index contributed by atoms with van der Waals surface area (Å²) in [5, 5.41) is 9.44. The van der Waals surface area contributed by atoms with E-state index in [-0.39, 0.29) is 0 Å². The molecule has 0 saturated heterocycles. The van der Waals surface area contributed by atoms with E-state index >= 15 is 0 Å². The van der Waals surface area contributed by atoms with Gasteiger partial charge in [0.2, 0.25) is 0 Å². The number of aryl methyl sites for hydroxylation is 3. The molecule has 0 spiro atoms. The van der Waals surface area contributed by atoms with Crippen LogP contribution in [0.3, 0.4) is 0 Å². The van der Waals surface area contributed by atoms with Crippen molar-refractivity contribution in [1.29, 1.82) is 0 Å². The fourth-order valence-electron chi connectivity index (χ4n) is 3.16. The lowest BCUT2D eigenvalue weighted by atomic mass is 10.1. The van der Waals surface area contributed by atoms with Crippen LogP contribution >= 0.6 is 11.6 Å². The summed E-state index contributed by atoms with van der Waals surface area (Å²) < 4.78 is 12.7. The SMILES string of the molecule is COc1ccc(Cl)cc1-n1nc(C2CC2)nc1CCc1c(C)noc1C. The van der Waals surface area contributed by atoms with Crippen LogP contribution in [0.15, 0.2) is 22.7 Å². The van der Waals surface area contributed by atoms with Crippen molar-refractivity contribution < 1.29 is 9.26 Å². The zero-order valence-corrected chi connectivity index (χ0v) is 15.9. The van der Waals surface area contributed by atoms with Gasteiger partial charge in [0.1, 0.15) is 23.0 Å². The topological polar surface area (TPSA) is 66.0 Å². The van der Waals surface area contributed by atoms with Crippen LogP contribution in [0.25, 0.3) is 5.69 Å². The molecule has 0 radical (unpaired) electrons. The zero-order valence-electron chi connectivity index (χ0n) is 15.1. The third kappa shape index (κ3) is 3.21. The molecule has 0 N–H and O–H groups in total. The average molecular weight is 373 g/mol. The highest BCUT2D eigenvalue weighted by atomic mass is 35.5. The number of methoxy groups -OCH3 is 1. The van der Waals surface area contributed by atoms with E-state index in [1.807, 2.05) is 36.7 Å². The molecule has 1 aromatic carbocycles. The van der Waals surface area contributed by atoms with Crippen molar-refractivity contribution in [3.05, 3.63) is 51.9 Å². The number of ether oxygens (including phenoxy) is 1. The molecule has 2 heterocycles. The third-order valence-electron chi connectivity index (χ3n) is 4.78. The minimum absolute atomic E-state index is 0.472. The molecule has 0 amide bonds. The summed E-state index contributed by atoms with van der Waals surface area (Å²) >= 11 is 6.22. The first kappa shape index (κ1) is 17.1. The summed E-state index contributed by atoms with van der Waals surface area (Å²) in [6.45, 7) is 3.90. The molecule has 0 bridgehead atoms. The monoisotopic (exact) mass is 372 g/mol. The quantitative estimate of drug-likeness (QED) is 0.648. The van der Waals surface area contributed by atoms with Crippen molar-refractivity contribution >= 4 is 11.6 Å². The smallest absolute Gasteiger partial charge is 0.154 e. The maximum absolute atomic E-state index is 6.22. The van der Waals surface area contributed by atoms with Crippen molar-refractivity contribution in [3.8, 4) is 11.4 Å². The third-order valence-corrected chi connectivity index (χ3v) is 5.02. The second kappa shape index (κ2) is 6.76. The zero-order chi connectivity index (χ0) is 18.3. The van der Waals surface area contributed by atoms with Crippen LogP contribution in [0.5, 0.6) is 5.75 Å². The molecule has 1 aliphatic rings. The van der Waals surface area contributed by atoms with Gasteiger partial charge in [-0.05, 0) is 51.3 Å². The lowest BCUT2D eigenvalue weighted by molar-refractivity contribution is 0.392. The van der Waals surface area contributed by atoms with Gasteiger partial charge in [0.25, 0.3) is 0 Å². The molecule has 3 aromatic rings. The van der Waals surface area contributed by atoms with E-state index in [2.05, 4.69) is 5.16 Å². The molecule has 0 aliphatic heterocycles. The summed E-state index contributed by atoms with van der Waals surface area (Å²) in [6.07, 6.45) is 3.84. The van der Waals surface area contributed by atoms with Crippen molar-refractivity contribution in [2.24, 2.45) is 0 Å². The summed E-state index contributed by atoms with van der Waals surface area (Å²) in [6, 6.07) is 5.53. The lowest BCUT2D eigenvalue weighted by Crippen LogP contribution is -2.07. The largest absolute Gasteiger partial charge is 0.494 e. The summed E-state index contributed by atoms with van der Waals surface area (Å²) in [5.41, 5.74) is 2.87. The molecule has 0 atom stereocenters. The Balaban J connectivity index is 1.71. The first-order valence-electron chi connectivity index (χ1n) is 8.78. The van der Waals surface area contributed by atoms with Gasteiger partial charge in [-0.25, -0.2) is 9.67 Å². The van der Waals surface area contributed by atoms with Crippen LogP contribution in [0.2, 0.25) is 5.02 Å². The van der Waals surface area contributed by atoms with E-state index in [1.165, 1.54) is 0 Å². The van der Waals surface area contributed by atoms with Gasteiger partial charge < -0.3 is 9.26 Å². The number of hydrogen-bond donors (Lipinski definition) is 0. The van der Waals surface area contributed by atoms with Gasteiger partial charge in [0.15, 0.2) is 5.82 Å². The van der Waals surface area contributed by atoms with Crippen molar-refractivity contribution in [2.75, 3.05) is 7.11 Å². The van der Waals surface area contributed by atoms with Crippen molar-refractivity contribution in [1.82, 2.24) is 19.9 Å². The van der Waals surface area contributed by atoms with E-state index in [1.54, 1.807) is 7.11 Å². The summed E-state index contributed by atoms with van der Waals surface area (Å²) in [4.78, 5) is 4.81. The molecule has 1 aliphatic carbocycles. The maximum Gasteiger partial charge on any atom is 0.154 e. The van der Waals surface area contributed by atoms with Crippen LogP contribution in [-0.4, -0.2) is 27.0 Å². The standard InChI is InChI=1S/C19H21ClN4O2/c1-11-15(12(2)26-23-11)7-9-18-21-19(13-4-5-13)22-24(18)16-10-14(20)6-8-17(16)25-3/h6,8,10,13H,4-5,7,9H2,1-3H3. The van der Waals surface area contributed by atoms with E-state index in [0.717, 1.165) is 65.8 Å². The fraction of sp³-hybridized carbons (Fsp3) is 0.421. The molecule has 136 valence electrons. The Morgan fingerprint density at radius 3 is 2.73 bits per heavy atom.